The zero-order valence-corrected chi connectivity index (χ0v) is 14.5. The molecule has 3 heterocycles. The van der Waals surface area contributed by atoms with Crippen molar-refractivity contribution in [2.45, 2.75) is 18.9 Å². The number of aromatic nitrogens is 2. The van der Waals surface area contributed by atoms with Gasteiger partial charge in [0, 0.05) is 17.5 Å². The summed E-state index contributed by atoms with van der Waals surface area (Å²) in [5.74, 6) is 0.706. The van der Waals surface area contributed by atoms with Gasteiger partial charge in [-0.1, -0.05) is 12.1 Å². The summed E-state index contributed by atoms with van der Waals surface area (Å²) in [5, 5.41) is 12.5. The molecular formula is C18H17N3O3S. The fraction of sp³-hybridized carbons (Fsp3) is 0.278. The molecule has 0 saturated carbocycles. The molecule has 0 aliphatic carbocycles. The molecule has 1 unspecified atom stereocenters. The van der Waals surface area contributed by atoms with Crippen molar-refractivity contribution in [3.05, 3.63) is 36.0 Å². The summed E-state index contributed by atoms with van der Waals surface area (Å²) in [5.41, 5.74) is 2.06. The number of methoxy groups -OCH3 is 1. The van der Waals surface area contributed by atoms with Gasteiger partial charge in [0.05, 0.1) is 12.5 Å². The number of nitrogens with zero attached hydrogens (tertiary/aromatic N) is 3. The Bertz CT molecular complexity index is 923. The molecule has 7 heteroatoms. The molecule has 1 aliphatic heterocycles. The fourth-order valence-corrected chi connectivity index (χ4v) is 4.25. The SMILES string of the molecule is COc1ccc(-c2csc3ncnc(N4CCCC4C(=O)O)c23)cc1. The molecule has 1 N–H and O–H groups in total. The maximum Gasteiger partial charge on any atom is 0.326 e. The van der Waals surface area contributed by atoms with Gasteiger partial charge in [-0.15, -0.1) is 11.3 Å². The molecule has 1 saturated heterocycles. The molecule has 0 bridgehead atoms. The Kier molecular flexibility index (Phi) is 4.01. The lowest BCUT2D eigenvalue weighted by Crippen LogP contribution is -2.36. The van der Waals surface area contributed by atoms with Gasteiger partial charge in [0.1, 0.15) is 28.8 Å². The Balaban J connectivity index is 1.85. The van der Waals surface area contributed by atoms with Gasteiger partial charge in [-0.2, -0.15) is 0 Å². The number of aliphatic carboxylic acids is 1. The third-order valence-electron chi connectivity index (χ3n) is 4.56. The van der Waals surface area contributed by atoms with Gasteiger partial charge < -0.3 is 14.7 Å². The summed E-state index contributed by atoms with van der Waals surface area (Å²) in [7, 11) is 1.64. The highest BCUT2D eigenvalue weighted by molar-refractivity contribution is 7.17. The maximum absolute atomic E-state index is 11.6. The second kappa shape index (κ2) is 6.33. The number of hydrogen-bond acceptors (Lipinski definition) is 6. The second-order valence-electron chi connectivity index (χ2n) is 5.94. The number of anilines is 1. The number of ether oxygens (including phenoxy) is 1. The van der Waals surface area contributed by atoms with E-state index in [-0.39, 0.29) is 0 Å². The Morgan fingerprint density at radius 3 is 2.84 bits per heavy atom. The van der Waals surface area contributed by atoms with E-state index in [0.717, 1.165) is 33.5 Å². The van der Waals surface area contributed by atoms with Crippen molar-refractivity contribution in [3.8, 4) is 16.9 Å². The van der Waals surface area contributed by atoms with Crippen molar-refractivity contribution in [2.24, 2.45) is 0 Å². The number of carboxylic acids is 1. The van der Waals surface area contributed by atoms with Crippen LogP contribution in [0.15, 0.2) is 36.0 Å². The number of carbonyl (C=O) groups is 1. The van der Waals surface area contributed by atoms with E-state index in [1.54, 1.807) is 18.4 Å². The molecule has 0 amide bonds. The second-order valence-corrected chi connectivity index (χ2v) is 6.80. The summed E-state index contributed by atoms with van der Waals surface area (Å²) in [6.07, 6.45) is 3.01. The highest BCUT2D eigenvalue weighted by atomic mass is 32.1. The first-order valence-corrected chi connectivity index (χ1v) is 8.93. The van der Waals surface area contributed by atoms with Gasteiger partial charge in [-0.3, -0.25) is 0 Å². The molecule has 2 aromatic heterocycles. The standard InChI is InChI=1S/C18H17N3O3S/c1-24-12-6-4-11(5-7-12)13-9-25-17-15(13)16(19-10-20-17)21-8-2-3-14(21)18(22)23/h4-7,9-10,14H,2-3,8H2,1H3,(H,22,23). The van der Waals surface area contributed by atoms with Crippen LogP contribution in [0.2, 0.25) is 0 Å². The normalized spacial score (nSPS) is 17.2. The summed E-state index contributed by atoms with van der Waals surface area (Å²) in [6, 6.07) is 7.30. The van der Waals surface area contributed by atoms with Crippen LogP contribution in [0.1, 0.15) is 12.8 Å². The molecular weight excluding hydrogens is 338 g/mol. The topological polar surface area (TPSA) is 75.6 Å². The van der Waals surface area contributed by atoms with E-state index in [2.05, 4.69) is 15.3 Å². The lowest BCUT2D eigenvalue weighted by Gasteiger charge is -2.23. The molecule has 3 aromatic rings. The van der Waals surface area contributed by atoms with Crippen LogP contribution in [-0.2, 0) is 4.79 Å². The molecule has 1 fully saturated rings. The zero-order chi connectivity index (χ0) is 17.4. The van der Waals surface area contributed by atoms with Gasteiger partial charge in [-0.25, -0.2) is 14.8 Å². The smallest absolute Gasteiger partial charge is 0.326 e. The molecule has 6 nitrogen and oxygen atoms in total. The lowest BCUT2D eigenvalue weighted by atomic mass is 10.1. The number of thiophene rings is 1. The van der Waals surface area contributed by atoms with E-state index >= 15 is 0 Å². The van der Waals surface area contributed by atoms with E-state index in [1.807, 2.05) is 29.2 Å². The zero-order valence-electron chi connectivity index (χ0n) is 13.7. The van der Waals surface area contributed by atoms with Gasteiger partial charge >= 0.3 is 5.97 Å². The van der Waals surface area contributed by atoms with Crippen LogP contribution in [0.4, 0.5) is 5.82 Å². The van der Waals surface area contributed by atoms with Crippen LogP contribution in [0, 0.1) is 0 Å². The summed E-state index contributed by atoms with van der Waals surface area (Å²) < 4.78 is 5.22. The lowest BCUT2D eigenvalue weighted by molar-refractivity contribution is -0.138. The van der Waals surface area contributed by atoms with Crippen molar-refractivity contribution in [3.63, 3.8) is 0 Å². The number of benzene rings is 1. The largest absolute Gasteiger partial charge is 0.497 e. The highest BCUT2D eigenvalue weighted by Gasteiger charge is 2.33. The molecule has 1 atom stereocenters. The van der Waals surface area contributed by atoms with E-state index in [4.69, 9.17) is 4.74 Å². The first kappa shape index (κ1) is 15.8. The molecule has 4 rings (SSSR count). The Morgan fingerprint density at radius 1 is 1.32 bits per heavy atom. The summed E-state index contributed by atoms with van der Waals surface area (Å²) in [6.45, 7) is 0.695. The Morgan fingerprint density at radius 2 is 2.12 bits per heavy atom. The minimum atomic E-state index is -0.800. The average Bonchev–Trinajstić information content (AvgIpc) is 3.28. The first-order valence-electron chi connectivity index (χ1n) is 8.05. The monoisotopic (exact) mass is 355 g/mol. The van der Waals surface area contributed by atoms with Crippen molar-refractivity contribution in [2.75, 3.05) is 18.6 Å². The van der Waals surface area contributed by atoms with E-state index in [9.17, 15) is 9.90 Å². The predicted molar refractivity (Wildman–Crippen MR) is 97.4 cm³/mol. The molecule has 0 radical (unpaired) electrons. The third-order valence-corrected chi connectivity index (χ3v) is 5.45. The van der Waals surface area contributed by atoms with E-state index in [1.165, 1.54) is 6.33 Å². The third kappa shape index (κ3) is 2.70. The van der Waals surface area contributed by atoms with Crippen molar-refractivity contribution >= 4 is 33.3 Å². The highest BCUT2D eigenvalue weighted by Crippen LogP contribution is 2.40. The fourth-order valence-electron chi connectivity index (χ4n) is 3.34. The van der Waals surface area contributed by atoms with Crippen LogP contribution < -0.4 is 9.64 Å². The molecule has 128 valence electrons. The number of carboxylic acid groups (broad SMARTS) is 1. The molecule has 1 aromatic carbocycles. The molecule has 0 spiro atoms. The minimum absolute atomic E-state index is 0.526. The number of rotatable bonds is 4. The first-order chi connectivity index (χ1) is 12.2. The Labute approximate surface area is 148 Å². The summed E-state index contributed by atoms with van der Waals surface area (Å²) >= 11 is 1.54. The quantitative estimate of drug-likeness (QED) is 0.773. The molecule has 25 heavy (non-hydrogen) atoms. The van der Waals surface area contributed by atoms with Gasteiger partial charge in [0.2, 0.25) is 0 Å². The van der Waals surface area contributed by atoms with Gasteiger partial charge in [0.25, 0.3) is 0 Å². The van der Waals surface area contributed by atoms with Crippen LogP contribution in [0.3, 0.4) is 0 Å². The van der Waals surface area contributed by atoms with Crippen molar-refractivity contribution < 1.29 is 14.6 Å². The maximum atomic E-state index is 11.6. The molecule has 1 aliphatic rings. The Hall–Kier alpha value is -2.67. The predicted octanol–water partition coefficient (Wildman–Crippen LogP) is 3.42. The van der Waals surface area contributed by atoms with E-state index < -0.39 is 12.0 Å². The van der Waals surface area contributed by atoms with Crippen molar-refractivity contribution in [1.82, 2.24) is 9.97 Å². The van der Waals surface area contributed by atoms with Crippen molar-refractivity contribution in [1.29, 1.82) is 0 Å². The van der Waals surface area contributed by atoms with Crippen LogP contribution in [-0.4, -0.2) is 40.7 Å². The summed E-state index contributed by atoms with van der Waals surface area (Å²) in [4.78, 5) is 23.2. The van der Waals surface area contributed by atoms with Gasteiger partial charge in [0.15, 0.2) is 0 Å². The van der Waals surface area contributed by atoms with Crippen LogP contribution in [0.5, 0.6) is 5.75 Å². The number of fused-ring (bicyclic) bond motifs is 1. The van der Waals surface area contributed by atoms with Crippen LogP contribution >= 0.6 is 11.3 Å². The van der Waals surface area contributed by atoms with Gasteiger partial charge in [-0.05, 0) is 30.5 Å². The van der Waals surface area contributed by atoms with E-state index in [0.29, 0.717) is 18.8 Å². The number of hydrogen-bond donors (Lipinski definition) is 1. The average molecular weight is 355 g/mol. The minimum Gasteiger partial charge on any atom is -0.497 e. The van der Waals surface area contributed by atoms with Crippen LogP contribution in [0.25, 0.3) is 21.3 Å².